The molecule has 0 saturated heterocycles. The number of hydrazone groups is 1. The molecule has 11 nitrogen and oxygen atoms in total. The summed E-state index contributed by atoms with van der Waals surface area (Å²) in [6.45, 7) is 4.28. The zero-order valence-electron chi connectivity index (χ0n) is 24.6. The predicted molar refractivity (Wildman–Crippen MR) is 161 cm³/mol. The zero-order valence-corrected chi connectivity index (χ0v) is 25.4. The molecule has 0 aliphatic rings. The number of benzene rings is 3. The Morgan fingerprint density at radius 1 is 0.857 bits per heavy atom. The highest BCUT2D eigenvalue weighted by molar-refractivity contribution is 7.92. The molecule has 0 radical (unpaired) electrons. The van der Waals surface area contributed by atoms with Crippen molar-refractivity contribution in [1.82, 2.24) is 5.43 Å². The fourth-order valence-corrected chi connectivity index (χ4v) is 5.24. The number of ether oxygens (including phenoxy) is 5. The van der Waals surface area contributed by atoms with Gasteiger partial charge >= 0.3 is 0 Å². The lowest BCUT2D eigenvalue weighted by atomic mass is 10.1. The van der Waals surface area contributed by atoms with Crippen LogP contribution in [0.4, 0.5) is 5.69 Å². The third kappa shape index (κ3) is 8.29. The molecule has 0 unspecified atom stereocenters. The molecule has 1 N–H and O–H groups in total. The standard InChI is InChI=1S/C30H37N3O8S/c1-21(2)15-16-41-23-9-7-22(8-10-23)19-31-32-30(34)20-33(26-17-24(37-3)11-13-27(26)38-4)42(35,36)25-12-14-28(39-5)29(18-25)40-6/h7-14,17-19,21H,15-16,20H2,1-6H3,(H,32,34)/b31-19-. The molecule has 0 fully saturated rings. The van der Waals surface area contributed by atoms with Crippen LogP contribution in [0.5, 0.6) is 28.7 Å². The normalized spacial score (nSPS) is 11.3. The van der Waals surface area contributed by atoms with Crippen LogP contribution >= 0.6 is 0 Å². The van der Waals surface area contributed by atoms with Gasteiger partial charge in [-0.25, -0.2) is 13.8 Å². The van der Waals surface area contributed by atoms with E-state index in [0.29, 0.717) is 24.0 Å². The van der Waals surface area contributed by atoms with Crippen molar-refractivity contribution in [2.75, 3.05) is 45.9 Å². The highest BCUT2D eigenvalue weighted by Gasteiger charge is 2.31. The van der Waals surface area contributed by atoms with E-state index in [1.807, 2.05) is 12.1 Å². The second-order valence-electron chi connectivity index (χ2n) is 9.46. The monoisotopic (exact) mass is 599 g/mol. The van der Waals surface area contributed by atoms with E-state index in [1.165, 1.54) is 58.9 Å². The molecule has 1 amide bonds. The van der Waals surface area contributed by atoms with Crippen molar-refractivity contribution in [1.29, 1.82) is 0 Å². The Labute approximate surface area is 247 Å². The average molecular weight is 600 g/mol. The Morgan fingerprint density at radius 2 is 1.50 bits per heavy atom. The molecule has 42 heavy (non-hydrogen) atoms. The fraction of sp³-hybridized carbons (Fsp3) is 0.333. The van der Waals surface area contributed by atoms with Crippen LogP contribution in [0.15, 0.2) is 70.7 Å². The average Bonchev–Trinajstić information content (AvgIpc) is 2.99. The first-order chi connectivity index (χ1) is 20.1. The van der Waals surface area contributed by atoms with Crippen LogP contribution in [0.1, 0.15) is 25.8 Å². The summed E-state index contributed by atoms with van der Waals surface area (Å²) in [7, 11) is 1.37. The third-order valence-corrected chi connectivity index (χ3v) is 7.89. The number of methoxy groups -OCH3 is 4. The quantitative estimate of drug-likeness (QED) is 0.200. The van der Waals surface area contributed by atoms with Gasteiger partial charge in [0.1, 0.15) is 23.8 Å². The second kappa shape index (κ2) is 15.0. The number of amides is 1. The summed E-state index contributed by atoms with van der Waals surface area (Å²) in [6, 6.07) is 16.0. The maximum Gasteiger partial charge on any atom is 0.265 e. The van der Waals surface area contributed by atoms with E-state index in [-0.39, 0.29) is 22.1 Å². The third-order valence-electron chi connectivity index (χ3n) is 6.13. The van der Waals surface area contributed by atoms with Crippen LogP contribution in [0.3, 0.4) is 0 Å². The van der Waals surface area contributed by atoms with Gasteiger partial charge in [0.05, 0.1) is 51.8 Å². The van der Waals surface area contributed by atoms with Gasteiger partial charge in [-0.2, -0.15) is 5.10 Å². The lowest BCUT2D eigenvalue weighted by Gasteiger charge is -2.26. The van der Waals surface area contributed by atoms with Crippen molar-refractivity contribution < 1.29 is 36.9 Å². The van der Waals surface area contributed by atoms with E-state index in [1.54, 1.807) is 24.3 Å². The lowest BCUT2D eigenvalue weighted by molar-refractivity contribution is -0.119. The summed E-state index contributed by atoms with van der Waals surface area (Å²) in [5, 5.41) is 4.01. The maximum absolute atomic E-state index is 13.9. The van der Waals surface area contributed by atoms with E-state index in [4.69, 9.17) is 23.7 Å². The van der Waals surface area contributed by atoms with Gasteiger partial charge in [0, 0.05) is 12.1 Å². The Morgan fingerprint density at radius 3 is 2.12 bits per heavy atom. The molecule has 0 bridgehead atoms. The number of hydrogen-bond donors (Lipinski definition) is 1. The van der Waals surface area contributed by atoms with Crippen molar-refractivity contribution in [2.24, 2.45) is 11.0 Å². The Bertz CT molecular complexity index is 1470. The summed E-state index contributed by atoms with van der Waals surface area (Å²) < 4.78 is 55.8. The molecule has 12 heteroatoms. The first-order valence-corrected chi connectivity index (χ1v) is 14.6. The molecule has 3 rings (SSSR count). The summed E-state index contributed by atoms with van der Waals surface area (Å²) >= 11 is 0. The van der Waals surface area contributed by atoms with Crippen molar-refractivity contribution in [3.05, 3.63) is 66.2 Å². The molecular formula is C30H37N3O8S. The molecule has 226 valence electrons. The molecule has 0 aliphatic heterocycles. The van der Waals surface area contributed by atoms with Gasteiger partial charge < -0.3 is 23.7 Å². The highest BCUT2D eigenvalue weighted by Crippen LogP contribution is 2.37. The highest BCUT2D eigenvalue weighted by atomic mass is 32.2. The minimum absolute atomic E-state index is 0.0961. The van der Waals surface area contributed by atoms with Crippen LogP contribution in [0, 0.1) is 5.92 Å². The van der Waals surface area contributed by atoms with Gasteiger partial charge in [-0.15, -0.1) is 0 Å². The van der Waals surface area contributed by atoms with Crippen molar-refractivity contribution in [3.8, 4) is 28.7 Å². The number of rotatable bonds is 15. The topological polar surface area (TPSA) is 125 Å². The number of nitrogens with zero attached hydrogens (tertiary/aromatic N) is 2. The minimum Gasteiger partial charge on any atom is -0.497 e. The maximum atomic E-state index is 13.9. The van der Waals surface area contributed by atoms with Crippen LogP contribution in [-0.4, -0.2) is 62.1 Å². The molecule has 0 aliphatic carbocycles. The van der Waals surface area contributed by atoms with Crippen LogP contribution in [0.25, 0.3) is 0 Å². The Hall–Kier alpha value is -4.45. The number of anilines is 1. The van der Waals surface area contributed by atoms with Gasteiger partial charge in [0.25, 0.3) is 15.9 Å². The van der Waals surface area contributed by atoms with E-state index in [9.17, 15) is 13.2 Å². The summed E-state index contributed by atoms with van der Waals surface area (Å²) in [5.74, 6) is 1.75. The van der Waals surface area contributed by atoms with E-state index < -0.39 is 22.5 Å². The fourth-order valence-electron chi connectivity index (χ4n) is 3.80. The van der Waals surface area contributed by atoms with Crippen molar-refractivity contribution in [3.63, 3.8) is 0 Å². The summed E-state index contributed by atoms with van der Waals surface area (Å²) in [4.78, 5) is 12.9. The minimum atomic E-state index is -4.32. The number of carbonyl (C=O) groups excluding carboxylic acids is 1. The molecule has 0 saturated carbocycles. The molecule has 3 aromatic rings. The van der Waals surface area contributed by atoms with Gasteiger partial charge in [-0.05, 0) is 66.4 Å². The van der Waals surface area contributed by atoms with E-state index in [0.717, 1.165) is 22.0 Å². The van der Waals surface area contributed by atoms with Gasteiger partial charge in [-0.1, -0.05) is 13.8 Å². The number of sulfonamides is 1. The Kier molecular flexibility index (Phi) is 11.4. The largest absolute Gasteiger partial charge is 0.497 e. The van der Waals surface area contributed by atoms with E-state index in [2.05, 4.69) is 24.4 Å². The number of nitrogens with one attached hydrogen (secondary N) is 1. The number of hydrogen-bond acceptors (Lipinski definition) is 9. The zero-order chi connectivity index (χ0) is 30.7. The van der Waals surface area contributed by atoms with Crippen LogP contribution < -0.4 is 33.4 Å². The molecular weight excluding hydrogens is 562 g/mol. The lowest BCUT2D eigenvalue weighted by Crippen LogP contribution is -2.39. The smallest absolute Gasteiger partial charge is 0.265 e. The summed E-state index contributed by atoms with van der Waals surface area (Å²) in [6.07, 6.45) is 2.41. The van der Waals surface area contributed by atoms with Gasteiger partial charge in [0.2, 0.25) is 0 Å². The molecule has 0 spiro atoms. The van der Waals surface area contributed by atoms with Crippen LogP contribution in [0.2, 0.25) is 0 Å². The van der Waals surface area contributed by atoms with Gasteiger partial charge in [-0.3, -0.25) is 9.10 Å². The molecule has 0 heterocycles. The van der Waals surface area contributed by atoms with Crippen molar-refractivity contribution in [2.45, 2.75) is 25.2 Å². The molecule has 0 aromatic heterocycles. The van der Waals surface area contributed by atoms with Crippen LogP contribution in [-0.2, 0) is 14.8 Å². The van der Waals surface area contributed by atoms with E-state index >= 15 is 0 Å². The predicted octanol–water partition coefficient (Wildman–Crippen LogP) is 4.49. The SMILES string of the molecule is COc1ccc(OC)c(N(CC(=O)N/N=C\c2ccc(OCCC(C)C)cc2)S(=O)(=O)c2ccc(OC)c(OC)c2)c1. The summed E-state index contributed by atoms with van der Waals surface area (Å²) in [5.41, 5.74) is 3.21. The first kappa shape index (κ1) is 32.1. The van der Waals surface area contributed by atoms with Gasteiger partial charge in [0.15, 0.2) is 11.5 Å². The molecule has 3 aromatic carbocycles. The Balaban J connectivity index is 1.86. The molecule has 0 atom stereocenters. The first-order valence-electron chi connectivity index (χ1n) is 13.1. The van der Waals surface area contributed by atoms with Crippen molar-refractivity contribution >= 4 is 27.8 Å². The number of carbonyl (C=O) groups is 1. The second-order valence-corrected chi connectivity index (χ2v) is 11.3.